The molecule has 5 nitrogen and oxygen atoms in total. The van der Waals surface area contributed by atoms with E-state index in [-0.39, 0.29) is 5.69 Å². The van der Waals surface area contributed by atoms with Gasteiger partial charge in [-0.2, -0.15) is 0 Å². The lowest BCUT2D eigenvalue weighted by Gasteiger charge is -2.03. The molecule has 0 N–H and O–H groups in total. The second-order valence-corrected chi connectivity index (χ2v) is 5.78. The molecule has 0 saturated carbocycles. The average molecular weight is 250 g/mol. The van der Waals surface area contributed by atoms with E-state index in [4.69, 9.17) is 10.7 Å². The number of hydrogen-bond donors (Lipinski definition) is 0. The summed E-state index contributed by atoms with van der Waals surface area (Å²) in [6.45, 7) is 1.50. The molecule has 0 spiro atoms. The van der Waals surface area contributed by atoms with Crippen LogP contribution < -0.4 is 0 Å². The average Bonchev–Trinajstić information content (AvgIpc) is 2.05. The fourth-order valence-corrected chi connectivity index (χ4v) is 2.25. The van der Waals surface area contributed by atoms with Gasteiger partial charge in [-0.3, -0.25) is 10.1 Å². The monoisotopic (exact) mass is 249 g/mol. The van der Waals surface area contributed by atoms with E-state index in [2.05, 4.69) is 0 Å². The van der Waals surface area contributed by atoms with Crippen LogP contribution in [0.4, 0.5) is 5.69 Å². The maximum Gasteiger partial charge on any atom is 0.272 e. The minimum atomic E-state index is -3.69. The lowest BCUT2D eigenvalue weighted by molar-refractivity contribution is -0.385. The maximum atomic E-state index is 10.8. The lowest BCUT2D eigenvalue weighted by atomic mass is 10.1. The first-order valence-corrected chi connectivity index (χ1v) is 6.44. The number of nitro benzene ring substituents is 1. The summed E-state index contributed by atoms with van der Waals surface area (Å²) in [5, 5.41) is 10.6. The van der Waals surface area contributed by atoms with Gasteiger partial charge in [0.2, 0.25) is 9.05 Å². The standard InChI is InChI=1S/C8H8ClNO4S/c1-6-7(5-15(9,13)14)3-2-4-8(6)10(11)12/h2-4H,5H2,1H3. The van der Waals surface area contributed by atoms with Crippen LogP contribution in [0.15, 0.2) is 18.2 Å². The number of rotatable bonds is 3. The second-order valence-electron chi connectivity index (χ2n) is 3.00. The van der Waals surface area contributed by atoms with Gasteiger partial charge in [-0.15, -0.1) is 0 Å². The number of benzene rings is 1. The first-order chi connectivity index (χ1) is 6.81. The van der Waals surface area contributed by atoms with Gasteiger partial charge in [0.1, 0.15) is 0 Å². The number of halogens is 1. The first kappa shape index (κ1) is 11.9. The molecule has 0 aromatic heterocycles. The smallest absolute Gasteiger partial charge is 0.258 e. The van der Waals surface area contributed by atoms with E-state index >= 15 is 0 Å². The number of hydrogen-bond acceptors (Lipinski definition) is 4. The highest BCUT2D eigenvalue weighted by molar-refractivity contribution is 8.13. The highest BCUT2D eigenvalue weighted by atomic mass is 35.7. The molecule has 15 heavy (non-hydrogen) atoms. The number of nitro groups is 1. The first-order valence-electron chi connectivity index (χ1n) is 3.96. The molecule has 0 aliphatic heterocycles. The minimum absolute atomic E-state index is 0.104. The van der Waals surface area contributed by atoms with Gasteiger partial charge < -0.3 is 0 Å². The highest BCUT2D eigenvalue weighted by Gasteiger charge is 2.16. The Morgan fingerprint density at radius 3 is 2.53 bits per heavy atom. The molecule has 7 heteroatoms. The predicted molar refractivity (Wildman–Crippen MR) is 56.3 cm³/mol. The molecule has 1 rings (SSSR count). The van der Waals surface area contributed by atoms with Crippen molar-refractivity contribution in [2.45, 2.75) is 12.7 Å². The molecule has 0 saturated heterocycles. The maximum absolute atomic E-state index is 10.8. The van der Waals surface area contributed by atoms with E-state index in [1.54, 1.807) is 0 Å². The summed E-state index contributed by atoms with van der Waals surface area (Å²) in [5.41, 5.74) is 0.568. The van der Waals surface area contributed by atoms with E-state index in [0.717, 1.165) is 0 Å². The Kier molecular flexibility index (Phi) is 3.31. The summed E-state index contributed by atoms with van der Waals surface area (Å²) in [7, 11) is 1.38. The fourth-order valence-electron chi connectivity index (χ4n) is 1.21. The normalized spacial score (nSPS) is 11.3. The largest absolute Gasteiger partial charge is 0.272 e. The van der Waals surface area contributed by atoms with Crippen molar-refractivity contribution in [2.24, 2.45) is 0 Å². The van der Waals surface area contributed by atoms with Crippen LogP contribution in [-0.4, -0.2) is 13.3 Å². The summed E-state index contributed by atoms with van der Waals surface area (Å²) < 4.78 is 21.7. The third-order valence-corrected chi connectivity index (χ3v) is 2.93. The summed E-state index contributed by atoms with van der Waals surface area (Å²) in [6.07, 6.45) is 0. The zero-order chi connectivity index (χ0) is 11.6. The number of nitrogens with zero attached hydrogens (tertiary/aromatic N) is 1. The van der Waals surface area contributed by atoms with E-state index in [9.17, 15) is 18.5 Å². The zero-order valence-electron chi connectivity index (χ0n) is 7.81. The van der Waals surface area contributed by atoms with Crippen LogP contribution in [0.3, 0.4) is 0 Å². The van der Waals surface area contributed by atoms with Crippen LogP contribution >= 0.6 is 10.7 Å². The molecule has 0 radical (unpaired) electrons. The van der Waals surface area contributed by atoms with Gasteiger partial charge in [0.05, 0.1) is 10.7 Å². The Morgan fingerprint density at radius 1 is 1.47 bits per heavy atom. The summed E-state index contributed by atoms with van der Waals surface area (Å²) >= 11 is 0. The van der Waals surface area contributed by atoms with Crippen molar-refractivity contribution in [3.05, 3.63) is 39.4 Å². The van der Waals surface area contributed by atoms with Gasteiger partial charge >= 0.3 is 0 Å². The van der Waals surface area contributed by atoms with Crippen LogP contribution in [0.2, 0.25) is 0 Å². The van der Waals surface area contributed by atoms with E-state index < -0.39 is 19.7 Å². The minimum Gasteiger partial charge on any atom is -0.258 e. The van der Waals surface area contributed by atoms with Crippen LogP contribution in [0.5, 0.6) is 0 Å². The van der Waals surface area contributed by atoms with E-state index in [0.29, 0.717) is 11.1 Å². The van der Waals surface area contributed by atoms with Gasteiger partial charge in [-0.25, -0.2) is 8.42 Å². The van der Waals surface area contributed by atoms with Crippen LogP contribution in [0.25, 0.3) is 0 Å². The molecule has 0 bridgehead atoms. The molecule has 1 aromatic carbocycles. The Balaban J connectivity index is 3.22. The second kappa shape index (κ2) is 4.16. The summed E-state index contributed by atoms with van der Waals surface area (Å²) in [6, 6.07) is 4.25. The Hall–Kier alpha value is -1.14. The Morgan fingerprint density at radius 2 is 2.07 bits per heavy atom. The summed E-state index contributed by atoms with van der Waals surface area (Å²) in [5.74, 6) is -0.401. The van der Waals surface area contributed by atoms with E-state index in [1.165, 1.54) is 25.1 Å². The Labute approximate surface area is 91.2 Å². The van der Waals surface area contributed by atoms with Crippen molar-refractivity contribution in [3.8, 4) is 0 Å². The highest BCUT2D eigenvalue weighted by Crippen LogP contribution is 2.23. The van der Waals surface area contributed by atoms with Crippen molar-refractivity contribution in [3.63, 3.8) is 0 Å². The molecular weight excluding hydrogens is 242 g/mol. The van der Waals surface area contributed by atoms with Gasteiger partial charge in [0, 0.05) is 22.3 Å². The fraction of sp³-hybridized carbons (Fsp3) is 0.250. The van der Waals surface area contributed by atoms with Gasteiger partial charge in [0.25, 0.3) is 5.69 Å². The van der Waals surface area contributed by atoms with Crippen molar-refractivity contribution >= 4 is 25.4 Å². The van der Waals surface area contributed by atoms with Gasteiger partial charge in [0.15, 0.2) is 0 Å². The molecule has 0 unspecified atom stereocenters. The molecular formula is C8H8ClNO4S. The third kappa shape index (κ3) is 3.17. The predicted octanol–water partition coefficient (Wildman–Crippen LogP) is 1.97. The van der Waals surface area contributed by atoms with Crippen molar-refractivity contribution in [1.29, 1.82) is 0 Å². The molecule has 0 atom stereocenters. The molecule has 0 heterocycles. The molecule has 1 aromatic rings. The van der Waals surface area contributed by atoms with Crippen LogP contribution in [-0.2, 0) is 14.8 Å². The van der Waals surface area contributed by atoms with Crippen LogP contribution in [0.1, 0.15) is 11.1 Å². The van der Waals surface area contributed by atoms with Crippen molar-refractivity contribution < 1.29 is 13.3 Å². The Bertz CT molecular complexity index is 497. The van der Waals surface area contributed by atoms with Crippen LogP contribution in [0, 0.1) is 17.0 Å². The molecule has 0 fully saturated rings. The van der Waals surface area contributed by atoms with E-state index in [1.807, 2.05) is 0 Å². The molecule has 0 aliphatic carbocycles. The topological polar surface area (TPSA) is 77.3 Å². The SMILES string of the molecule is Cc1c(CS(=O)(=O)Cl)cccc1[N+](=O)[O-]. The molecule has 0 aliphatic rings. The molecule has 82 valence electrons. The quantitative estimate of drug-likeness (QED) is 0.466. The zero-order valence-corrected chi connectivity index (χ0v) is 9.38. The van der Waals surface area contributed by atoms with Gasteiger partial charge in [-0.05, 0) is 12.5 Å². The molecule has 0 amide bonds. The van der Waals surface area contributed by atoms with Crippen molar-refractivity contribution in [2.75, 3.05) is 0 Å². The lowest BCUT2D eigenvalue weighted by Crippen LogP contribution is -2.00. The third-order valence-electron chi connectivity index (χ3n) is 1.94. The summed E-state index contributed by atoms with van der Waals surface area (Å²) in [4.78, 5) is 10.0. The van der Waals surface area contributed by atoms with Gasteiger partial charge in [-0.1, -0.05) is 12.1 Å². The van der Waals surface area contributed by atoms with Crippen molar-refractivity contribution in [1.82, 2.24) is 0 Å².